The van der Waals surface area contributed by atoms with E-state index in [0.29, 0.717) is 31.5 Å². The minimum absolute atomic E-state index is 0.176. The van der Waals surface area contributed by atoms with Crippen molar-refractivity contribution in [3.63, 3.8) is 0 Å². The molecule has 8 heteroatoms. The normalized spacial score (nSPS) is 17.0. The number of ether oxygens (including phenoxy) is 2. The van der Waals surface area contributed by atoms with Crippen LogP contribution in [0.3, 0.4) is 0 Å². The first kappa shape index (κ1) is 18.8. The van der Waals surface area contributed by atoms with E-state index in [2.05, 4.69) is 32.2 Å². The molecular formula is C20H26N4O4. The monoisotopic (exact) mass is 386 g/mol. The lowest BCUT2D eigenvalue weighted by atomic mass is 10.1. The van der Waals surface area contributed by atoms with Gasteiger partial charge in [0.15, 0.2) is 17.2 Å². The van der Waals surface area contributed by atoms with Gasteiger partial charge in [-0.2, -0.15) is 0 Å². The zero-order chi connectivity index (χ0) is 19.3. The van der Waals surface area contributed by atoms with E-state index in [1.54, 1.807) is 0 Å². The van der Waals surface area contributed by atoms with Crippen molar-refractivity contribution >= 4 is 5.91 Å². The fourth-order valence-electron chi connectivity index (χ4n) is 3.41. The van der Waals surface area contributed by atoms with E-state index in [0.717, 1.165) is 50.6 Å². The van der Waals surface area contributed by atoms with E-state index in [1.807, 2.05) is 13.0 Å². The van der Waals surface area contributed by atoms with Crippen LogP contribution in [0.5, 0.6) is 11.5 Å². The van der Waals surface area contributed by atoms with Crippen molar-refractivity contribution < 1.29 is 18.7 Å². The van der Waals surface area contributed by atoms with Gasteiger partial charge in [0.2, 0.25) is 12.7 Å². The van der Waals surface area contributed by atoms with Crippen molar-refractivity contribution in [3.05, 3.63) is 41.6 Å². The van der Waals surface area contributed by atoms with Crippen LogP contribution in [0.4, 0.5) is 0 Å². The summed E-state index contributed by atoms with van der Waals surface area (Å²) in [6, 6.07) is 6.13. The number of oxazole rings is 1. The summed E-state index contributed by atoms with van der Waals surface area (Å²) >= 11 is 0. The number of aromatic nitrogens is 1. The fourth-order valence-corrected chi connectivity index (χ4v) is 3.41. The third-order valence-electron chi connectivity index (χ3n) is 4.99. The summed E-state index contributed by atoms with van der Waals surface area (Å²) in [6.07, 6.45) is 2.34. The number of nitrogens with zero attached hydrogens (tertiary/aromatic N) is 3. The molecule has 0 unspecified atom stereocenters. The summed E-state index contributed by atoms with van der Waals surface area (Å²) in [5, 5.41) is 2.81. The predicted molar refractivity (Wildman–Crippen MR) is 102 cm³/mol. The molecule has 2 aliphatic rings. The highest BCUT2D eigenvalue weighted by Crippen LogP contribution is 2.32. The molecule has 8 nitrogen and oxygen atoms in total. The van der Waals surface area contributed by atoms with Crippen LogP contribution in [0.15, 0.2) is 28.9 Å². The number of fused-ring (bicyclic) bond motifs is 1. The van der Waals surface area contributed by atoms with Gasteiger partial charge < -0.3 is 19.2 Å². The smallest absolute Gasteiger partial charge is 0.273 e. The van der Waals surface area contributed by atoms with Crippen LogP contribution in [0.1, 0.15) is 35.3 Å². The van der Waals surface area contributed by atoms with Gasteiger partial charge in [-0.15, -0.1) is 0 Å². The summed E-state index contributed by atoms with van der Waals surface area (Å²) in [4.78, 5) is 21.0. The quantitative estimate of drug-likeness (QED) is 0.778. The second kappa shape index (κ2) is 8.62. The number of nitrogens with one attached hydrogen (secondary N) is 1. The summed E-state index contributed by atoms with van der Waals surface area (Å²) in [5.41, 5.74) is 1.58. The van der Waals surface area contributed by atoms with Crippen LogP contribution in [0, 0.1) is 0 Å². The van der Waals surface area contributed by atoms with E-state index in [-0.39, 0.29) is 5.91 Å². The van der Waals surface area contributed by atoms with E-state index >= 15 is 0 Å². The Bertz CT molecular complexity index is 814. The SMILES string of the molecule is CCCNC(=O)c1coc(CN2CCN(Cc3ccc4c(c3)OCO4)CC2)n1. The van der Waals surface area contributed by atoms with E-state index < -0.39 is 0 Å². The van der Waals surface area contributed by atoms with Crippen molar-refractivity contribution in [1.82, 2.24) is 20.1 Å². The standard InChI is InChI=1S/C20H26N4O4/c1-2-5-21-20(25)16-13-26-19(22-16)12-24-8-6-23(7-9-24)11-15-3-4-17-18(10-15)28-14-27-17/h3-4,10,13H,2,5-9,11-12,14H2,1H3,(H,21,25). The molecule has 0 radical (unpaired) electrons. The number of benzene rings is 1. The molecule has 0 spiro atoms. The fraction of sp³-hybridized carbons (Fsp3) is 0.500. The first-order valence-corrected chi connectivity index (χ1v) is 9.77. The van der Waals surface area contributed by atoms with E-state index in [1.165, 1.54) is 11.8 Å². The minimum Gasteiger partial charge on any atom is -0.454 e. The summed E-state index contributed by atoms with van der Waals surface area (Å²) < 4.78 is 16.3. The predicted octanol–water partition coefficient (Wildman–Crippen LogP) is 1.86. The Hall–Kier alpha value is -2.58. The minimum atomic E-state index is -0.176. The molecule has 1 aromatic carbocycles. The molecular weight excluding hydrogens is 360 g/mol. The van der Waals surface area contributed by atoms with Gasteiger partial charge in [0.05, 0.1) is 6.54 Å². The highest BCUT2D eigenvalue weighted by molar-refractivity contribution is 5.91. The lowest BCUT2D eigenvalue weighted by molar-refractivity contribution is 0.0948. The van der Waals surface area contributed by atoms with Crippen LogP contribution in [-0.2, 0) is 13.1 Å². The molecule has 1 fully saturated rings. The number of amides is 1. The second-order valence-electron chi connectivity index (χ2n) is 7.12. The van der Waals surface area contributed by atoms with Crippen LogP contribution >= 0.6 is 0 Å². The van der Waals surface area contributed by atoms with Crippen molar-refractivity contribution in [3.8, 4) is 11.5 Å². The van der Waals surface area contributed by atoms with Gasteiger partial charge >= 0.3 is 0 Å². The molecule has 1 N–H and O–H groups in total. The molecule has 3 heterocycles. The number of rotatable bonds is 7. The summed E-state index contributed by atoms with van der Waals surface area (Å²) in [5.74, 6) is 2.07. The molecule has 4 rings (SSSR count). The van der Waals surface area contributed by atoms with Gasteiger partial charge in [-0.1, -0.05) is 13.0 Å². The molecule has 1 amide bonds. The molecule has 2 aromatic rings. The first-order chi connectivity index (χ1) is 13.7. The molecule has 0 bridgehead atoms. The maximum absolute atomic E-state index is 11.9. The van der Waals surface area contributed by atoms with Crippen molar-refractivity contribution in [2.75, 3.05) is 39.5 Å². The Kier molecular flexibility index (Phi) is 5.78. The molecule has 0 saturated carbocycles. The number of carbonyl (C=O) groups is 1. The highest BCUT2D eigenvalue weighted by Gasteiger charge is 2.21. The average Bonchev–Trinajstić information content (AvgIpc) is 3.37. The number of piperazine rings is 1. The van der Waals surface area contributed by atoms with E-state index in [4.69, 9.17) is 13.9 Å². The molecule has 150 valence electrons. The Morgan fingerprint density at radius 2 is 1.86 bits per heavy atom. The van der Waals surface area contributed by atoms with Gasteiger partial charge in [0.25, 0.3) is 5.91 Å². The van der Waals surface area contributed by atoms with Crippen LogP contribution in [0.25, 0.3) is 0 Å². The van der Waals surface area contributed by atoms with Gasteiger partial charge in [-0.3, -0.25) is 14.6 Å². The second-order valence-corrected chi connectivity index (χ2v) is 7.12. The zero-order valence-electron chi connectivity index (χ0n) is 16.1. The Balaban J connectivity index is 1.24. The molecule has 2 aliphatic heterocycles. The lowest BCUT2D eigenvalue weighted by Crippen LogP contribution is -2.45. The average molecular weight is 386 g/mol. The van der Waals surface area contributed by atoms with Gasteiger partial charge in [-0.05, 0) is 24.1 Å². The summed E-state index contributed by atoms with van der Waals surface area (Å²) in [6.45, 7) is 8.30. The number of hydrogen-bond donors (Lipinski definition) is 1. The molecule has 28 heavy (non-hydrogen) atoms. The van der Waals surface area contributed by atoms with Crippen LogP contribution < -0.4 is 14.8 Å². The third kappa shape index (κ3) is 4.45. The van der Waals surface area contributed by atoms with Crippen molar-refractivity contribution in [2.24, 2.45) is 0 Å². The first-order valence-electron chi connectivity index (χ1n) is 9.77. The van der Waals surface area contributed by atoms with Crippen LogP contribution in [0.2, 0.25) is 0 Å². The van der Waals surface area contributed by atoms with Crippen molar-refractivity contribution in [1.29, 1.82) is 0 Å². The molecule has 0 atom stereocenters. The van der Waals surface area contributed by atoms with Gasteiger partial charge in [0, 0.05) is 39.3 Å². The van der Waals surface area contributed by atoms with Crippen LogP contribution in [-0.4, -0.2) is 60.2 Å². The Labute approximate surface area is 164 Å². The van der Waals surface area contributed by atoms with Gasteiger partial charge in [-0.25, -0.2) is 4.98 Å². The van der Waals surface area contributed by atoms with Gasteiger partial charge in [0.1, 0.15) is 6.26 Å². The molecule has 1 aromatic heterocycles. The van der Waals surface area contributed by atoms with Crippen molar-refractivity contribution in [2.45, 2.75) is 26.4 Å². The highest BCUT2D eigenvalue weighted by atomic mass is 16.7. The Morgan fingerprint density at radius 3 is 2.64 bits per heavy atom. The maximum Gasteiger partial charge on any atom is 0.273 e. The maximum atomic E-state index is 11.9. The topological polar surface area (TPSA) is 80.1 Å². The summed E-state index contributed by atoms with van der Waals surface area (Å²) in [7, 11) is 0. The number of carbonyl (C=O) groups excluding carboxylic acids is 1. The largest absolute Gasteiger partial charge is 0.454 e. The zero-order valence-corrected chi connectivity index (χ0v) is 16.1. The third-order valence-corrected chi connectivity index (χ3v) is 4.99. The lowest BCUT2D eigenvalue weighted by Gasteiger charge is -2.34. The number of hydrogen-bond acceptors (Lipinski definition) is 7. The molecule has 0 aliphatic carbocycles. The van der Waals surface area contributed by atoms with E-state index in [9.17, 15) is 4.79 Å². The molecule has 1 saturated heterocycles. The Morgan fingerprint density at radius 1 is 1.11 bits per heavy atom.